The Balaban J connectivity index is 0.679. The second-order valence-electron chi connectivity index (χ2n) is 25.4. The zero-order valence-corrected chi connectivity index (χ0v) is 49.6. The van der Waals surface area contributed by atoms with Gasteiger partial charge in [0.15, 0.2) is 0 Å². The second-order valence-corrected chi connectivity index (χ2v) is 25.4. The summed E-state index contributed by atoms with van der Waals surface area (Å²) in [5, 5.41) is 17.2. The van der Waals surface area contributed by atoms with Crippen LogP contribution in [0.25, 0.3) is 0 Å². The van der Waals surface area contributed by atoms with Crippen LogP contribution in [-0.2, 0) is 19.9 Å². The van der Waals surface area contributed by atoms with Crippen molar-refractivity contribution in [2.45, 2.75) is 219 Å². The molecule has 9 nitrogen and oxygen atoms in total. The Morgan fingerprint density at radius 3 is 1.88 bits per heavy atom. The Bertz CT molecular complexity index is 2220. The fraction of sp³-hybridized carbons (Fsp3) is 0.681. The molecule has 4 aliphatic rings. The highest BCUT2D eigenvalue weighted by atomic mass is 16.6. The number of carbonyl (C=O) groups excluding carboxylic acids is 2. The minimum Gasteiger partial charge on any atom is -0.497 e. The molecule has 0 heterocycles. The summed E-state index contributed by atoms with van der Waals surface area (Å²) in [6.07, 6.45) is 30.7. The molecule has 3 aromatic carbocycles. The van der Waals surface area contributed by atoms with Crippen LogP contribution in [0, 0.1) is 46.3 Å². The number of allylic oxidation sites excluding steroid dienone is 1. The van der Waals surface area contributed by atoms with Crippen molar-refractivity contribution < 1.29 is 33.6 Å². The molecule has 7 rings (SSSR count). The number of nitrogens with one attached hydrogen (secondary N) is 2. The third-order valence-corrected chi connectivity index (χ3v) is 19.9. The summed E-state index contributed by atoms with van der Waals surface area (Å²) in [6, 6.07) is 26.2. The maximum Gasteiger partial charge on any atom is 0.407 e. The van der Waals surface area contributed by atoms with E-state index in [1.807, 2.05) is 66.7 Å². The fourth-order valence-corrected chi connectivity index (χ4v) is 15.3. The summed E-state index contributed by atoms with van der Waals surface area (Å²) in [5.41, 5.74) is 4.41. The number of hydrogen-bond donors (Lipinski definition) is 3. The van der Waals surface area contributed by atoms with Crippen molar-refractivity contribution >= 4 is 12.0 Å². The van der Waals surface area contributed by atoms with Gasteiger partial charge in [0, 0.05) is 25.9 Å². The summed E-state index contributed by atoms with van der Waals surface area (Å²) in [7, 11) is 3.33. The van der Waals surface area contributed by atoms with Crippen LogP contribution in [0.5, 0.6) is 11.5 Å². The lowest BCUT2D eigenvalue weighted by molar-refractivity contribution is -0.121. The largest absolute Gasteiger partial charge is 0.497 e. The van der Waals surface area contributed by atoms with Crippen LogP contribution < -0.4 is 20.1 Å². The molecule has 3 fully saturated rings. The van der Waals surface area contributed by atoms with E-state index >= 15 is 0 Å². The Morgan fingerprint density at radius 1 is 0.641 bits per heavy atom. The Morgan fingerprint density at radius 2 is 1.24 bits per heavy atom. The first kappa shape index (κ1) is 61.3. The van der Waals surface area contributed by atoms with E-state index in [0.717, 1.165) is 128 Å². The van der Waals surface area contributed by atoms with E-state index in [1.165, 1.54) is 83.5 Å². The zero-order valence-electron chi connectivity index (χ0n) is 49.6. The van der Waals surface area contributed by atoms with E-state index in [1.54, 1.807) is 19.8 Å². The summed E-state index contributed by atoms with van der Waals surface area (Å²) in [6.45, 7) is 14.3. The van der Waals surface area contributed by atoms with Crippen molar-refractivity contribution in [1.29, 1.82) is 0 Å². The van der Waals surface area contributed by atoms with E-state index in [4.69, 9.17) is 18.9 Å². The van der Waals surface area contributed by atoms with Gasteiger partial charge in [0.1, 0.15) is 23.2 Å². The Labute approximate surface area is 472 Å². The molecule has 3 saturated carbocycles. The minimum absolute atomic E-state index is 0.00202. The van der Waals surface area contributed by atoms with Crippen molar-refractivity contribution in [3.8, 4) is 11.5 Å². The van der Waals surface area contributed by atoms with Gasteiger partial charge in [-0.1, -0.05) is 178 Å². The van der Waals surface area contributed by atoms with Crippen LogP contribution in [0.3, 0.4) is 0 Å². The van der Waals surface area contributed by atoms with E-state index in [2.05, 4.69) is 63.5 Å². The van der Waals surface area contributed by atoms with Gasteiger partial charge in [0.2, 0.25) is 5.91 Å². The van der Waals surface area contributed by atoms with Gasteiger partial charge in [-0.25, -0.2) is 4.79 Å². The van der Waals surface area contributed by atoms with Crippen molar-refractivity contribution in [1.82, 2.24) is 10.6 Å². The molecule has 0 radical (unpaired) electrons. The number of aliphatic hydroxyl groups is 1. The Kier molecular flexibility index (Phi) is 23.9. The standard InChI is InChI=1S/C69H104N2O7/c1-51(2)24-23-25-52(3)62-40-41-63-61-39-34-56-50-60(42-45-67(56,4)64(61)43-46-68(62,63)5)78-66(74)71-48-21-14-12-10-8-9-11-13-20-29-65(73)70-47-22-16-19-28-57(72)44-49-77-69(53-26-17-15-18-27-53,54-30-35-58(75-6)36-31-54)55-32-37-59(76-7)38-33-55/h15,17-18,26-27,30-38,51-52,57,60-64,72H,8-14,16,19-25,28-29,39-50H2,1-7H3,(H,70,73)(H,71,74)/t52?,57?,60-,61?,62?,63?,64?,67-,68+/m1/s1. The summed E-state index contributed by atoms with van der Waals surface area (Å²) in [5.74, 6) is 6.73. The van der Waals surface area contributed by atoms with Gasteiger partial charge in [-0.15, -0.1) is 0 Å². The lowest BCUT2D eigenvalue weighted by Gasteiger charge is -2.58. The number of methoxy groups -OCH3 is 2. The third kappa shape index (κ3) is 16.2. The number of aliphatic hydroxyl groups excluding tert-OH is 1. The molecule has 0 saturated heterocycles. The maximum atomic E-state index is 12.9. The first-order valence-corrected chi connectivity index (χ1v) is 31.4. The van der Waals surface area contributed by atoms with Crippen LogP contribution >= 0.6 is 0 Å². The molecule has 3 aromatic rings. The van der Waals surface area contributed by atoms with Gasteiger partial charge in [-0.2, -0.15) is 0 Å². The molecule has 9 heteroatoms. The number of unbranched alkanes of at least 4 members (excludes halogenated alkanes) is 10. The number of hydrogen-bond acceptors (Lipinski definition) is 7. The smallest absolute Gasteiger partial charge is 0.407 e. The molecule has 6 unspecified atom stereocenters. The van der Waals surface area contributed by atoms with Crippen LogP contribution in [0.1, 0.15) is 218 Å². The normalized spacial score (nSPS) is 24.5. The highest BCUT2D eigenvalue weighted by Crippen LogP contribution is 2.67. The first-order chi connectivity index (χ1) is 37.8. The number of ether oxygens (including phenoxy) is 4. The quantitative estimate of drug-likeness (QED) is 0.0316. The molecule has 4 aliphatic carbocycles. The van der Waals surface area contributed by atoms with E-state index in [-0.39, 0.29) is 23.5 Å². The number of rotatable bonds is 33. The van der Waals surface area contributed by atoms with Crippen LogP contribution in [-0.4, -0.2) is 63.2 Å². The summed E-state index contributed by atoms with van der Waals surface area (Å²) < 4.78 is 23.9. The highest BCUT2D eigenvalue weighted by Gasteiger charge is 2.59. The van der Waals surface area contributed by atoms with E-state index in [0.29, 0.717) is 44.4 Å². The van der Waals surface area contributed by atoms with E-state index in [9.17, 15) is 14.7 Å². The molecule has 2 amide bonds. The van der Waals surface area contributed by atoms with Crippen molar-refractivity contribution in [2.75, 3.05) is 33.9 Å². The fourth-order valence-electron chi connectivity index (χ4n) is 15.3. The molecule has 9 atom stereocenters. The molecule has 0 aliphatic heterocycles. The molecule has 3 N–H and O–H groups in total. The molecular formula is C69H104N2O7. The summed E-state index contributed by atoms with van der Waals surface area (Å²) in [4.78, 5) is 25.4. The average Bonchev–Trinajstić information content (AvgIpc) is 3.95. The Hall–Kier alpha value is -4.34. The van der Waals surface area contributed by atoms with Gasteiger partial charge in [0.25, 0.3) is 0 Å². The lowest BCUT2D eigenvalue weighted by Crippen LogP contribution is -2.51. The summed E-state index contributed by atoms with van der Waals surface area (Å²) >= 11 is 0. The molecule has 0 bridgehead atoms. The van der Waals surface area contributed by atoms with E-state index < -0.39 is 11.7 Å². The topological polar surface area (TPSA) is 115 Å². The zero-order chi connectivity index (χ0) is 55.4. The number of benzene rings is 3. The van der Waals surface area contributed by atoms with Crippen molar-refractivity contribution in [3.63, 3.8) is 0 Å². The van der Waals surface area contributed by atoms with Crippen LogP contribution in [0.15, 0.2) is 90.5 Å². The van der Waals surface area contributed by atoms with Gasteiger partial charge in [-0.05, 0) is 164 Å². The van der Waals surface area contributed by atoms with Crippen molar-refractivity contribution in [3.05, 3.63) is 107 Å². The maximum absolute atomic E-state index is 12.9. The molecule has 0 aromatic heterocycles. The van der Waals surface area contributed by atoms with Crippen molar-refractivity contribution in [2.24, 2.45) is 46.3 Å². The van der Waals surface area contributed by atoms with Gasteiger partial charge in [0.05, 0.1) is 26.9 Å². The number of alkyl carbamates (subject to hydrolysis) is 1. The minimum atomic E-state index is -0.904. The SMILES string of the molecule is COc1ccc(C(OCCC(O)CCCCCNC(=O)CCCCCCCCCCCNC(=O)O[C@@H]2CC[C@]3(C)C(=CCC4C5CCC(C(C)CCCC(C)C)[C@]5(C)CCC43)C2)(c2ccccc2)c2ccc(OC)cc2)cc1. The second kappa shape index (κ2) is 30.5. The molecule has 0 spiro atoms. The molecule has 432 valence electrons. The number of amides is 2. The third-order valence-electron chi connectivity index (χ3n) is 19.9. The number of carbonyl (C=O) groups is 2. The molecule has 78 heavy (non-hydrogen) atoms. The average molecular weight is 1070 g/mol. The lowest BCUT2D eigenvalue weighted by atomic mass is 9.47. The number of fused-ring (bicyclic) bond motifs is 5. The predicted octanol–water partition coefficient (Wildman–Crippen LogP) is 16.5. The monoisotopic (exact) mass is 1070 g/mol. The van der Waals surface area contributed by atoms with Crippen LogP contribution in [0.4, 0.5) is 4.79 Å². The van der Waals surface area contributed by atoms with Gasteiger partial charge < -0.3 is 34.7 Å². The first-order valence-electron chi connectivity index (χ1n) is 31.4. The molecular weight excluding hydrogens is 969 g/mol. The highest BCUT2D eigenvalue weighted by molar-refractivity contribution is 5.75. The predicted molar refractivity (Wildman–Crippen MR) is 318 cm³/mol. The van der Waals surface area contributed by atoms with Crippen LogP contribution in [0.2, 0.25) is 0 Å². The van der Waals surface area contributed by atoms with Gasteiger partial charge >= 0.3 is 6.09 Å². The van der Waals surface area contributed by atoms with Gasteiger partial charge in [-0.3, -0.25) is 4.79 Å².